The molecule has 0 saturated heterocycles. The second-order valence-electron chi connectivity index (χ2n) is 1.29. The summed E-state index contributed by atoms with van der Waals surface area (Å²) in [5.74, 6) is 1.85. The standard InChI is InChI=1S/C5H3BN/c7-4-5-2-1-3-6-5/h1-3H. The van der Waals surface area contributed by atoms with Crippen molar-refractivity contribution in [2.75, 3.05) is 0 Å². The zero-order valence-electron chi connectivity index (χ0n) is 3.76. The van der Waals surface area contributed by atoms with Gasteiger partial charge in [0, 0.05) is 0 Å². The van der Waals surface area contributed by atoms with Crippen molar-refractivity contribution in [2.45, 2.75) is 0 Å². The summed E-state index contributed by atoms with van der Waals surface area (Å²) in [6.45, 7) is 0. The molecule has 1 aliphatic rings. The van der Waals surface area contributed by atoms with Crippen LogP contribution in [0, 0.1) is 11.3 Å². The van der Waals surface area contributed by atoms with Gasteiger partial charge in [-0.15, -0.1) is 5.98 Å². The summed E-state index contributed by atoms with van der Waals surface area (Å²) < 4.78 is 0. The molecule has 0 spiro atoms. The average Bonchev–Trinajstić information content (AvgIpc) is 2.14. The Morgan fingerprint density at radius 2 is 2.57 bits per heavy atom. The van der Waals surface area contributed by atoms with Crippen LogP contribution in [0.15, 0.2) is 23.6 Å². The minimum absolute atomic E-state index is 0.736. The fourth-order valence-electron chi connectivity index (χ4n) is 0.449. The van der Waals surface area contributed by atoms with Crippen LogP contribution in [0.4, 0.5) is 0 Å². The molecule has 2 heteroatoms. The van der Waals surface area contributed by atoms with E-state index in [4.69, 9.17) is 5.26 Å². The van der Waals surface area contributed by atoms with E-state index >= 15 is 0 Å². The highest BCUT2D eigenvalue weighted by Crippen LogP contribution is 1.97. The highest BCUT2D eigenvalue weighted by Gasteiger charge is 1.95. The fourth-order valence-corrected chi connectivity index (χ4v) is 0.449. The van der Waals surface area contributed by atoms with Crippen LogP contribution < -0.4 is 0 Å². The number of hydrogen-bond donors (Lipinski definition) is 0. The van der Waals surface area contributed by atoms with Gasteiger partial charge in [0.15, 0.2) is 7.28 Å². The van der Waals surface area contributed by atoms with Gasteiger partial charge in [-0.25, -0.2) is 0 Å². The minimum Gasteiger partial charge on any atom is -0.194 e. The maximum atomic E-state index is 8.18. The first-order valence-electron chi connectivity index (χ1n) is 2.05. The van der Waals surface area contributed by atoms with Gasteiger partial charge in [0.2, 0.25) is 0 Å². The summed E-state index contributed by atoms with van der Waals surface area (Å²) in [5, 5.41) is 8.18. The van der Waals surface area contributed by atoms with Gasteiger partial charge in [-0.3, -0.25) is 0 Å². The van der Waals surface area contributed by atoms with Crippen molar-refractivity contribution in [2.24, 2.45) is 0 Å². The highest BCUT2D eigenvalue weighted by molar-refractivity contribution is 6.53. The summed E-state index contributed by atoms with van der Waals surface area (Å²) in [5.41, 5.74) is 0.736. The predicted octanol–water partition coefficient (Wildman–Crippen LogP) is 0.625. The lowest BCUT2D eigenvalue weighted by atomic mass is 9.74. The van der Waals surface area contributed by atoms with E-state index < -0.39 is 0 Å². The second-order valence-corrected chi connectivity index (χ2v) is 1.29. The first-order chi connectivity index (χ1) is 3.43. The van der Waals surface area contributed by atoms with Gasteiger partial charge in [0.1, 0.15) is 0 Å². The lowest BCUT2D eigenvalue weighted by molar-refractivity contribution is 1.52. The van der Waals surface area contributed by atoms with Gasteiger partial charge >= 0.3 is 0 Å². The van der Waals surface area contributed by atoms with Gasteiger partial charge in [-0.05, 0) is 5.47 Å². The Morgan fingerprint density at radius 3 is 2.86 bits per heavy atom. The van der Waals surface area contributed by atoms with Crippen molar-refractivity contribution in [1.82, 2.24) is 0 Å². The van der Waals surface area contributed by atoms with Crippen molar-refractivity contribution >= 4 is 7.28 Å². The molecule has 0 saturated carbocycles. The van der Waals surface area contributed by atoms with Gasteiger partial charge in [0.05, 0.1) is 6.07 Å². The molecule has 0 aromatic heterocycles. The summed E-state index contributed by atoms with van der Waals surface area (Å²) in [4.78, 5) is 0. The normalized spacial score (nSPS) is 15.0. The SMILES string of the molecule is N#CC1=CC=C[B]1. The molecule has 0 amide bonds. The van der Waals surface area contributed by atoms with Crippen LogP contribution in [0.5, 0.6) is 0 Å². The third-order valence-corrected chi connectivity index (χ3v) is 0.792. The van der Waals surface area contributed by atoms with Crippen molar-refractivity contribution in [1.29, 1.82) is 5.26 Å². The number of rotatable bonds is 0. The molecule has 1 aliphatic heterocycles. The molecule has 0 N–H and O–H groups in total. The maximum absolute atomic E-state index is 8.18. The van der Waals surface area contributed by atoms with E-state index in [1.165, 1.54) is 0 Å². The quantitative estimate of drug-likeness (QED) is 0.398. The molecule has 0 bridgehead atoms. The molecule has 0 unspecified atom stereocenters. The molecular weight excluding hydrogens is 84.9 g/mol. The third kappa shape index (κ3) is 0.718. The van der Waals surface area contributed by atoms with Gasteiger partial charge in [-0.1, -0.05) is 12.2 Å². The van der Waals surface area contributed by atoms with Crippen LogP contribution in [0.3, 0.4) is 0 Å². The zero-order chi connectivity index (χ0) is 5.11. The molecule has 0 aliphatic carbocycles. The van der Waals surface area contributed by atoms with Crippen LogP contribution in [0.2, 0.25) is 0 Å². The summed E-state index contributed by atoms with van der Waals surface area (Å²) in [7, 11) is 1.78. The van der Waals surface area contributed by atoms with Gasteiger partial charge in [-0.2, -0.15) is 5.26 Å². The molecule has 1 nitrogen and oxygen atoms in total. The van der Waals surface area contributed by atoms with Gasteiger partial charge in [0.25, 0.3) is 0 Å². The Morgan fingerprint density at radius 1 is 1.71 bits per heavy atom. The second kappa shape index (κ2) is 1.66. The van der Waals surface area contributed by atoms with E-state index in [1.807, 2.05) is 18.1 Å². The van der Waals surface area contributed by atoms with Crippen molar-refractivity contribution < 1.29 is 0 Å². The topological polar surface area (TPSA) is 23.8 Å². The predicted molar refractivity (Wildman–Crippen MR) is 28.6 cm³/mol. The lowest BCUT2D eigenvalue weighted by Crippen LogP contribution is -1.81. The molecule has 0 aromatic rings. The number of hydrogen-bond acceptors (Lipinski definition) is 1. The molecule has 0 fully saturated rings. The Balaban J connectivity index is 2.67. The van der Waals surface area contributed by atoms with Crippen LogP contribution in [-0.2, 0) is 0 Å². The van der Waals surface area contributed by atoms with Crippen LogP contribution in [0.1, 0.15) is 0 Å². The van der Waals surface area contributed by atoms with E-state index in [-0.39, 0.29) is 0 Å². The molecule has 1 radical (unpaired) electrons. The molecule has 1 rings (SSSR count). The van der Waals surface area contributed by atoms with Crippen molar-refractivity contribution in [3.63, 3.8) is 0 Å². The minimum atomic E-state index is 0.736. The van der Waals surface area contributed by atoms with Crippen LogP contribution in [-0.4, -0.2) is 7.28 Å². The molecular formula is C5H3BN. The van der Waals surface area contributed by atoms with E-state index in [1.54, 1.807) is 13.4 Å². The van der Waals surface area contributed by atoms with E-state index in [0.717, 1.165) is 5.47 Å². The van der Waals surface area contributed by atoms with Crippen LogP contribution in [0.25, 0.3) is 0 Å². The number of allylic oxidation sites excluding steroid dienone is 3. The molecule has 7 heavy (non-hydrogen) atoms. The van der Waals surface area contributed by atoms with Crippen molar-refractivity contribution in [3.05, 3.63) is 23.6 Å². The average molecular weight is 87.9 g/mol. The Bertz CT molecular complexity index is 161. The summed E-state index contributed by atoms with van der Waals surface area (Å²) in [6.07, 6.45) is 3.62. The van der Waals surface area contributed by atoms with Crippen LogP contribution >= 0.6 is 0 Å². The van der Waals surface area contributed by atoms with E-state index in [9.17, 15) is 0 Å². The molecule has 0 aromatic carbocycles. The lowest BCUT2D eigenvalue weighted by Gasteiger charge is -1.72. The third-order valence-electron chi connectivity index (χ3n) is 0.792. The number of nitrogens with zero attached hydrogens (tertiary/aromatic N) is 1. The summed E-state index contributed by atoms with van der Waals surface area (Å²) in [6, 6.07) is 2.01. The molecule has 31 valence electrons. The summed E-state index contributed by atoms with van der Waals surface area (Å²) >= 11 is 0. The largest absolute Gasteiger partial charge is 0.195 e. The van der Waals surface area contributed by atoms with E-state index in [2.05, 4.69) is 0 Å². The number of nitriles is 1. The Kier molecular flexibility index (Phi) is 0.994. The Labute approximate surface area is 43.2 Å². The highest BCUT2D eigenvalue weighted by atomic mass is 14.2. The van der Waals surface area contributed by atoms with Crippen molar-refractivity contribution in [3.8, 4) is 6.07 Å². The maximum Gasteiger partial charge on any atom is 0.195 e. The zero-order valence-corrected chi connectivity index (χ0v) is 3.76. The first kappa shape index (κ1) is 4.20. The van der Waals surface area contributed by atoms with Gasteiger partial charge < -0.3 is 0 Å². The smallest absolute Gasteiger partial charge is 0.194 e. The first-order valence-corrected chi connectivity index (χ1v) is 2.05. The van der Waals surface area contributed by atoms with E-state index in [0.29, 0.717) is 0 Å². The molecule has 1 heterocycles. The Hall–Kier alpha value is -0.965. The molecule has 0 atom stereocenters. The monoisotopic (exact) mass is 88.0 g/mol. The fraction of sp³-hybridized carbons (Fsp3) is 0.